The van der Waals surface area contributed by atoms with Crippen molar-refractivity contribution >= 4 is 11.6 Å². The van der Waals surface area contributed by atoms with Gasteiger partial charge in [0.2, 0.25) is 5.91 Å². The van der Waals surface area contributed by atoms with Crippen LogP contribution in [0.1, 0.15) is 32.6 Å². The lowest BCUT2D eigenvalue weighted by molar-refractivity contribution is -0.122. The Kier molecular flexibility index (Phi) is 5.01. The molecule has 0 radical (unpaired) electrons. The molecule has 0 saturated heterocycles. The number of amides is 1. The van der Waals surface area contributed by atoms with Gasteiger partial charge in [-0.05, 0) is 30.9 Å². The first-order chi connectivity index (χ1) is 9.63. The van der Waals surface area contributed by atoms with E-state index in [1.54, 1.807) is 0 Å². The molecule has 0 bridgehead atoms. The SMILES string of the molecule is CC1CCCC(CO)(NC(=O)CNc2ccccc2)C1. The van der Waals surface area contributed by atoms with Gasteiger partial charge in [0.25, 0.3) is 0 Å². The number of hydrogen-bond acceptors (Lipinski definition) is 3. The summed E-state index contributed by atoms with van der Waals surface area (Å²) in [5, 5.41) is 15.8. The van der Waals surface area contributed by atoms with E-state index in [9.17, 15) is 9.90 Å². The van der Waals surface area contributed by atoms with E-state index in [4.69, 9.17) is 0 Å². The van der Waals surface area contributed by atoms with Crippen molar-refractivity contribution in [2.75, 3.05) is 18.5 Å². The van der Waals surface area contributed by atoms with Crippen LogP contribution in [-0.4, -0.2) is 29.7 Å². The molecule has 1 aliphatic carbocycles. The maximum atomic E-state index is 12.1. The average molecular weight is 276 g/mol. The van der Waals surface area contributed by atoms with E-state index in [2.05, 4.69) is 17.6 Å². The van der Waals surface area contributed by atoms with Crippen LogP contribution in [-0.2, 0) is 4.79 Å². The summed E-state index contributed by atoms with van der Waals surface area (Å²) in [7, 11) is 0. The summed E-state index contributed by atoms with van der Waals surface area (Å²) < 4.78 is 0. The molecule has 1 aliphatic rings. The van der Waals surface area contributed by atoms with Gasteiger partial charge in [-0.25, -0.2) is 0 Å². The minimum absolute atomic E-state index is 0.0222. The molecule has 1 saturated carbocycles. The third kappa shape index (κ3) is 3.97. The molecular formula is C16H24N2O2. The fraction of sp³-hybridized carbons (Fsp3) is 0.562. The molecule has 3 N–H and O–H groups in total. The number of hydrogen-bond donors (Lipinski definition) is 3. The van der Waals surface area contributed by atoms with Crippen molar-refractivity contribution in [3.05, 3.63) is 30.3 Å². The van der Waals surface area contributed by atoms with Crippen molar-refractivity contribution in [2.24, 2.45) is 5.92 Å². The highest BCUT2D eigenvalue weighted by Crippen LogP contribution is 2.31. The number of aliphatic hydroxyl groups excluding tert-OH is 1. The Hall–Kier alpha value is -1.55. The number of carbonyl (C=O) groups is 1. The normalized spacial score (nSPS) is 26.0. The van der Waals surface area contributed by atoms with Gasteiger partial charge in [0.1, 0.15) is 0 Å². The van der Waals surface area contributed by atoms with Crippen LogP contribution >= 0.6 is 0 Å². The molecule has 1 aromatic rings. The molecule has 1 aromatic carbocycles. The first-order valence-corrected chi connectivity index (χ1v) is 7.34. The number of aliphatic hydroxyl groups is 1. The number of rotatable bonds is 5. The van der Waals surface area contributed by atoms with E-state index in [0.29, 0.717) is 5.92 Å². The smallest absolute Gasteiger partial charge is 0.239 e. The quantitative estimate of drug-likeness (QED) is 0.772. The van der Waals surface area contributed by atoms with Gasteiger partial charge in [-0.3, -0.25) is 4.79 Å². The summed E-state index contributed by atoms with van der Waals surface area (Å²) >= 11 is 0. The second-order valence-corrected chi connectivity index (χ2v) is 5.91. The molecule has 0 spiro atoms. The first-order valence-electron chi connectivity index (χ1n) is 7.34. The van der Waals surface area contributed by atoms with Crippen LogP contribution in [0.25, 0.3) is 0 Å². The van der Waals surface area contributed by atoms with Crippen LogP contribution in [0, 0.1) is 5.92 Å². The first kappa shape index (κ1) is 14.9. The fourth-order valence-corrected chi connectivity index (χ4v) is 3.04. The molecular weight excluding hydrogens is 252 g/mol. The van der Waals surface area contributed by atoms with Crippen LogP contribution < -0.4 is 10.6 Å². The molecule has 4 heteroatoms. The van der Waals surface area contributed by atoms with Gasteiger partial charge in [-0.15, -0.1) is 0 Å². The van der Waals surface area contributed by atoms with Crippen LogP contribution in [0.5, 0.6) is 0 Å². The minimum Gasteiger partial charge on any atom is -0.394 e. The predicted octanol–water partition coefficient (Wildman–Crippen LogP) is 2.16. The third-order valence-corrected chi connectivity index (χ3v) is 4.03. The average Bonchev–Trinajstić information content (AvgIpc) is 2.46. The molecule has 2 unspecified atom stereocenters. The van der Waals surface area contributed by atoms with E-state index in [0.717, 1.165) is 24.9 Å². The van der Waals surface area contributed by atoms with Gasteiger partial charge >= 0.3 is 0 Å². The second-order valence-electron chi connectivity index (χ2n) is 5.91. The molecule has 2 rings (SSSR count). The van der Waals surface area contributed by atoms with E-state index in [-0.39, 0.29) is 19.1 Å². The summed E-state index contributed by atoms with van der Waals surface area (Å²) in [5.74, 6) is 0.496. The Bertz CT molecular complexity index is 435. The summed E-state index contributed by atoms with van der Waals surface area (Å²) in [4.78, 5) is 12.1. The molecule has 0 heterocycles. The lowest BCUT2D eigenvalue weighted by Gasteiger charge is -2.39. The van der Waals surface area contributed by atoms with E-state index < -0.39 is 5.54 Å². The molecule has 0 aliphatic heterocycles. The summed E-state index contributed by atoms with van der Waals surface area (Å²) in [6, 6.07) is 9.65. The number of para-hydroxylation sites is 1. The fourth-order valence-electron chi connectivity index (χ4n) is 3.04. The Morgan fingerprint density at radius 2 is 2.15 bits per heavy atom. The third-order valence-electron chi connectivity index (χ3n) is 4.03. The van der Waals surface area contributed by atoms with Crippen molar-refractivity contribution in [3.8, 4) is 0 Å². The maximum absolute atomic E-state index is 12.1. The number of anilines is 1. The topological polar surface area (TPSA) is 61.4 Å². The van der Waals surface area contributed by atoms with Gasteiger partial charge in [0.05, 0.1) is 18.7 Å². The number of benzene rings is 1. The van der Waals surface area contributed by atoms with Crippen LogP contribution in [0.3, 0.4) is 0 Å². The molecule has 2 atom stereocenters. The van der Waals surface area contributed by atoms with Gasteiger partial charge in [0, 0.05) is 5.69 Å². The largest absolute Gasteiger partial charge is 0.394 e. The Balaban J connectivity index is 1.86. The molecule has 0 aromatic heterocycles. The highest BCUT2D eigenvalue weighted by atomic mass is 16.3. The number of nitrogens with one attached hydrogen (secondary N) is 2. The van der Waals surface area contributed by atoms with Crippen molar-refractivity contribution in [3.63, 3.8) is 0 Å². The maximum Gasteiger partial charge on any atom is 0.239 e. The number of carbonyl (C=O) groups excluding carboxylic acids is 1. The van der Waals surface area contributed by atoms with Crippen molar-refractivity contribution in [2.45, 2.75) is 38.1 Å². The predicted molar refractivity (Wildman–Crippen MR) is 80.5 cm³/mol. The van der Waals surface area contributed by atoms with Crippen LogP contribution in [0.4, 0.5) is 5.69 Å². The summed E-state index contributed by atoms with van der Waals surface area (Å²) in [6.45, 7) is 2.44. The van der Waals surface area contributed by atoms with E-state index in [1.165, 1.54) is 6.42 Å². The standard InChI is InChI=1S/C16H24N2O2/c1-13-6-5-9-16(10-13,12-19)18-15(20)11-17-14-7-3-2-4-8-14/h2-4,7-8,13,17,19H,5-6,9-12H2,1H3,(H,18,20). The molecule has 4 nitrogen and oxygen atoms in total. The van der Waals surface area contributed by atoms with Gasteiger partial charge in [-0.1, -0.05) is 38.0 Å². The zero-order valence-electron chi connectivity index (χ0n) is 12.1. The van der Waals surface area contributed by atoms with Crippen LogP contribution in [0.15, 0.2) is 30.3 Å². The second kappa shape index (κ2) is 6.75. The molecule has 110 valence electrons. The molecule has 20 heavy (non-hydrogen) atoms. The van der Waals surface area contributed by atoms with E-state index in [1.807, 2.05) is 30.3 Å². The van der Waals surface area contributed by atoms with Gasteiger partial charge < -0.3 is 15.7 Å². The van der Waals surface area contributed by atoms with Crippen molar-refractivity contribution < 1.29 is 9.90 Å². The minimum atomic E-state index is -0.423. The zero-order valence-corrected chi connectivity index (χ0v) is 12.1. The summed E-state index contributed by atoms with van der Waals surface area (Å²) in [6.07, 6.45) is 3.97. The van der Waals surface area contributed by atoms with E-state index >= 15 is 0 Å². The van der Waals surface area contributed by atoms with Crippen molar-refractivity contribution in [1.29, 1.82) is 0 Å². The van der Waals surface area contributed by atoms with Gasteiger partial charge in [0.15, 0.2) is 0 Å². The van der Waals surface area contributed by atoms with Gasteiger partial charge in [-0.2, -0.15) is 0 Å². The molecule has 1 amide bonds. The lowest BCUT2D eigenvalue weighted by atomic mass is 9.77. The lowest BCUT2D eigenvalue weighted by Crippen LogP contribution is -2.55. The van der Waals surface area contributed by atoms with Crippen LogP contribution in [0.2, 0.25) is 0 Å². The Morgan fingerprint density at radius 3 is 2.80 bits per heavy atom. The molecule has 1 fully saturated rings. The highest BCUT2D eigenvalue weighted by molar-refractivity contribution is 5.81. The highest BCUT2D eigenvalue weighted by Gasteiger charge is 2.35. The Labute approximate surface area is 120 Å². The Morgan fingerprint density at radius 1 is 1.40 bits per heavy atom. The summed E-state index contributed by atoms with van der Waals surface area (Å²) in [5.41, 5.74) is 0.505. The van der Waals surface area contributed by atoms with Crippen molar-refractivity contribution in [1.82, 2.24) is 5.32 Å². The zero-order chi connectivity index (χ0) is 14.4. The monoisotopic (exact) mass is 276 g/mol.